The second-order valence-corrected chi connectivity index (χ2v) is 5.43. The van der Waals surface area contributed by atoms with Gasteiger partial charge in [0, 0.05) is 45.1 Å². The Labute approximate surface area is 120 Å². The van der Waals surface area contributed by atoms with Crippen molar-refractivity contribution in [1.29, 1.82) is 0 Å². The number of methoxy groups -OCH3 is 1. The van der Waals surface area contributed by atoms with Gasteiger partial charge in [0.15, 0.2) is 0 Å². The summed E-state index contributed by atoms with van der Waals surface area (Å²) in [6, 6.07) is 1.81. The number of alkyl halides is 1. The van der Waals surface area contributed by atoms with Crippen LogP contribution in [0.2, 0.25) is 0 Å². The highest BCUT2D eigenvalue weighted by Gasteiger charge is 2.23. The van der Waals surface area contributed by atoms with Gasteiger partial charge in [0.1, 0.15) is 4.83 Å². The highest BCUT2D eigenvalue weighted by atomic mass is 79.9. The number of aromatic nitrogens is 2. The summed E-state index contributed by atoms with van der Waals surface area (Å²) in [7, 11) is 1.40. The Kier molecular flexibility index (Phi) is 5.09. The van der Waals surface area contributed by atoms with Crippen LogP contribution in [0.4, 0.5) is 5.95 Å². The number of hydrogen-bond acceptors (Lipinski definition) is 6. The minimum Gasteiger partial charge on any atom is -0.468 e. The van der Waals surface area contributed by atoms with Gasteiger partial charge in [0.2, 0.25) is 5.95 Å². The molecular formula is C12H17BrN4O2. The van der Waals surface area contributed by atoms with Crippen LogP contribution in [0.1, 0.15) is 0 Å². The molecule has 0 aromatic carbocycles. The molecule has 0 amide bonds. The van der Waals surface area contributed by atoms with E-state index in [4.69, 9.17) is 4.74 Å². The number of piperazine rings is 1. The minimum atomic E-state index is -0.267. The second-order valence-electron chi connectivity index (χ2n) is 4.33. The van der Waals surface area contributed by atoms with Gasteiger partial charge in [-0.15, -0.1) is 0 Å². The number of hydrogen-bond donors (Lipinski definition) is 0. The molecule has 1 aromatic rings. The number of rotatable bonds is 4. The summed E-state index contributed by atoms with van der Waals surface area (Å²) in [5.41, 5.74) is 0. The summed E-state index contributed by atoms with van der Waals surface area (Å²) in [6.07, 6.45) is 3.50. The van der Waals surface area contributed by atoms with Gasteiger partial charge in [-0.25, -0.2) is 9.97 Å². The van der Waals surface area contributed by atoms with Crippen LogP contribution >= 0.6 is 15.9 Å². The topological polar surface area (TPSA) is 58.6 Å². The Morgan fingerprint density at radius 2 is 2.00 bits per heavy atom. The van der Waals surface area contributed by atoms with Gasteiger partial charge < -0.3 is 9.64 Å². The van der Waals surface area contributed by atoms with Crippen molar-refractivity contribution in [1.82, 2.24) is 14.9 Å². The van der Waals surface area contributed by atoms with E-state index < -0.39 is 0 Å². The lowest BCUT2D eigenvalue weighted by Gasteiger charge is -2.35. The highest BCUT2D eigenvalue weighted by molar-refractivity contribution is 9.10. The van der Waals surface area contributed by atoms with Gasteiger partial charge in [0.25, 0.3) is 0 Å². The van der Waals surface area contributed by atoms with Crippen LogP contribution in [0, 0.1) is 0 Å². The van der Waals surface area contributed by atoms with Crippen molar-refractivity contribution in [3.8, 4) is 0 Å². The number of carbonyl (C=O) groups is 1. The first kappa shape index (κ1) is 14.2. The van der Waals surface area contributed by atoms with Crippen LogP contribution in [0.3, 0.4) is 0 Å². The summed E-state index contributed by atoms with van der Waals surface area (Å²) in [4.78, 5) is 23.9. The minimum absolute atomic E-state index is 0.228. The Hall–Kier alpha value is -1.21. The van der Waals surface area contributed by atoms with E-state index in [1.807, 2.05) is 6.07 Å². The van der Waals surface area contributed by atoms with E-state index in [2.05, 4.69) is 35.7 Å². The van der Waals surface area contributed by atoms with E-state index in [0.29, 0.717) is 6.54 Å². The second kappa shape index (κ2) is 6.81. The van der Waals surface area contributed by atoms with E-state index in [1.165, 1.54) is 7.11 Å². The van der Waals surface area contributed by atoms with E-state index in [0.717, 1.165) is 32.1 Å². The molecule has 7 heteroatoms. The molecular weight excluding hydrogens is 312 g/mol. The third-order valence-corrected chi connectivity index (χ3v) is 3.75. The zero-order valence-electron chi connectivity index (χ0n) is 10.8. The van der Waals surface area contributed by atoms with Crippen molar-refractivity contribution < 1.29 is 9.53 Å². The van der Waals surface area contributed by atoms with Gasteiger partial charge in [-0.1, -0.05) is 15.9 Å². The average Bonchev–Trinajstić information content (AvgIpc) is 2.48. The van der Waals surface area contributed by atoms with Gasteiger partial charge in [0.05, 0.1) is 7.11 Å². The smallest absolute Gasteiger partial charge is 0.320 e. The third kappa shape index (κ3) is 3.87. The Morgan fingerprint density at radius 1 is 1.37 bits per heavy atom. The maximum Gasteiger partial charge on any atom is 0.320 e. The molecule has 6 nitrogen and oxygen atoms in total. The van der Waals surface area contributed by atoms with E-state index in [-0.39, 0.29) is 10.8 Å². The Balaban J connectivity index is 1.81. The molecule has 1 saturated heterocycles. The number of esters is 1. The van der Waals surface area contributed by atoms with Gasteiger partial charge in [-0.2, -0.15) is 0 Å². The largest absolute Gasteiger partial charge is 0.468 e. The first-order valence-electron chi connectivity index (χ1n) is 6.17. The normalized spacial score (nSPS) is 18.1. The number of halogens is 1. The lowest BCUT2D eigenvalue weighted by atomic mass is 10.3. The van der Waals surface area contributed by atoms with Crippen LogP contribution in [-0.2, 0) is 9.53 Å². The molecule has 0 saturated carbocycles. The number of carbonyl (C=O) groups excluding carboxylic acids is 1. The van der Waals surface area contributed by atoms with Crippen molar-refractivity contribution in [3.05, 3.63) is 18.5 Å². The lowest BCUT2D eigenvalue weighted by Crippen LogP contribution is -2.49. The monoisotopic (exact) mass is 328 g/mol. The van der Waals surface area contributed by atoms with Crippen LogP contribution in [0.5, 0.6) is 0 Å². The number of ether oxygens (including phenoxy) is 1. The van der Waals surface area contributed by atoms with E-state index in [1.54, 1.807) is 12.4 Å². The molecule has 1 atom stereocenters. The molecule has 2 rings (SSSR count). The summed E-state index contributed by atoms with van der Waals surface area (Å²) in [5, 5.41) is 0. The van der Waals surface area contributed by atoms with Gasteiger partial charge in [-0.3, -0.25) is 9.69 Å². The molecule has 1 unspecified atom stereocenters. The quantitative estimate of drug-likeness (QED) is 0.593. The summed E-state index contributed by atoms with van der Waals surface area (Å²) in [5.74, 6) is 0.541. The SMILES string of the molecule is COC(=O)C(Br)CN1CCN(c2ncccn2)CC1. The molecule has 0 aliphatic carbocycles. The van der Waals surface area contributed by atoms with Crippen molar-refractivity contribution in [3.63, 3.8) is 0 Å². The Morgan fingerprint density at radius 3 is 2.58 bits per heavy atom. The molecule has 19 heavy (non-hydrogen) atoms. The molecule has 0 bridgehead atoms. The standard InChI is InChI=1S/C12H17BrN4O2/c1-19-11(18)10(13)9-16-5-7-17(8-6-16)12-14-3-2-4-15-12/h2-4,10H,5-9H2,1H3. The summed E-state index contributed by atoms with van der Waals surface area (Å²) in [6.45, 7) is 4.17. The predicted octanol–water partition coefficient (Wildman–Crippen LogP) is 0.535. The number of nitrogens with zero attached hydrogens (tertiary/aromatic N) is 4. The fourth-order valence-electron chi connectivity index (χ4n) is 2.01. The van der Waals surface area contributed by atoms with Gasteiger partial charge in [-0.05, 0) is 6.07 Å². The van der Waals surface area contributed by atoms with Crippen LogP contribution in [0.15, 0.2) is 18.5 Å². The molecule has 1 fully saturated rings. The van der Waals surface area contributed by atoms with Crippen molar-refractivity contribution in [2.75, 3.05) is 44.7 Å². The molecule has 1 aliphatic rings. The fraction of sp³-hybridized carbons (Fsp3) is 0.583. The molecule has 0 spiro atoms. The molecule has 0 radical (unpaired) electrons. The summed E-state index contributed by atoms with van der Waals surface area (Å²) >= 11 is 3.34. The predicted molar refractivity (Wildman–Crippen MR) is 75.4 cm³/mol. The van der Waals surface area contributed by atoms with Crippen molar-refractivity contribution in [2.24, 2.45) is 0 Å². The fourth-order valence-corrected chi connectivity index (χ4v) is 2.61. The molecule has 1 aromatic heterocycles. The van der Waals surface area contributed by atoms with Crippen LogP contribution in [-0.4, -0.2) is 65.5 Å². The Bertz CT molecular complexity index is 409. The zero-order chi connectivity index (χ0) is 13.7. The first-order valence-corrected chi connectivity index (χ1v) is 7.08. The zero-order valence-corrected chi connectivity index (χ0v) is 12.4. The maximum atomic E-state index is 11.3. The van der Waals surface area contributed by atoms with Crippen LogP contribution < -0.4 is 4.90 Å². The van der Waals surface area contributed by atoms with Crippen molar-refractivity contribution >= 4 is 27.8 Å². The molecule has 1 aliphatic heterocycles. The molecule has 2 heterocycles. The van der Waals surface area contributed by atoms with E-state index in [9.17, 15) is 4.79 Å². The first-order chi connectivity index (χ1) is 9.20. The lowest BCUT2D eigenvalue weighted by molar-refractivity contribution is -0.140. The average molecular weight is 329 g/mol. The van der Waals surface area contributed by atoms with Gasteiger partial charge >= 0.3 is 5.97 Å². The van der Waals surface area contributed by atoms with Crippen molar-refractivity contribution in [2.45, 2.75) is 4.83 Å². The summed E-state index contributed by atoms with van der Waals surface area (Å²) < 4.78 is 4.70. The maximum absolute atomic E-state index is 11.3. The number of anilines is 1. The highest BCUT2D eigenvalue weighted by Crippen LogP contribution is 2.12. The van der Waals surface area contributed by atoms with Crippen LogP contribution in [0.25, 0.3) is 0 Å². The molecule has 0 N–H and O–H groups in total. The van der Waals surface area contributed by atoms with E-state index >= 15 is 0 Å². The third-order valence-electron chi connectivity index (χ3n) is 3.08. The molecule has 104 valence electrons.